The molecule has 1 fully saturated rings. The highest BCUT2D eigenvalue weighted by molar-refractivity contribution is 5.88. The van der Waals surface area contributed by atoms with Gasteiger partial charge in [0.2, 0.25) is 5.91 Å². The van der Waals surface area contributed by atoms with E-state index in [4.69, 9.17) is 0 Å². The van der Waals surface area contributed by atoms with Crippen molar-refractivity contribution >= 4 is 16.7 Å². The Hall–Kier alpha value is -2.08. The van der Waals surface area contributed by atoms with Gasteiger partial charge in [-0.05, 0) is 41.7 Å². The molecule has 1 aliphatic heterocycles. The molecule has 1 amide bonds. The van der Waals surface area contributed by atoms with E-state index < -0.39 is 23.7 Å². The summed E-state index contributed by atoms with van der Waals surface area (Å²) in [6.45, 7) is 7.08. The normalized spacial score (nSPS) is 19.2. The highest BCUT2D eigenvalue weighted by Gasteiger charge is 2.54. The molecule has 1 atom stereocenters. The van der Waals surface area contributed by atoms with Gasteiger partial charge in [0, 0.05) is 12.0 Å². The van der Waals surface area contributed by atoms with Crippen LogP contribution in [0.3, 0.4) is 0 Å². The molecule has 140 valence electrons. The van der Waals surface area contributed by atoms with Crippen LogP contribution >= 0.6 is 0 Å². The third-order valence-corrected chi connectivity index (χ3v) is 4.96. The first-order valence-corrected chi connectivity index (χ1v) is 8.69. The molecule has 3 nitrogen and oxygen atoms in total. The fraction of sp³-hybridized carbons (Fsp3) is 0.450. The van der Waals surface area contributed by atoms with E-state index in [1.165, 1.54) is 0 Å². The third-order valence-electron chi connectivity index (χ3n) is 4.96. The number of amides is 1. The number of nitrogens with one attached hydrogen (secondary N) is 1. The Labute approximate surface area is 151 Å². The molecule has 0 aromatic heterocycles. The van der Waals surface area contributed by atoms with E-state index in [0.717, 1.165) is 10.4 Å². The number of halogens is 3. The topological polar surface area (TPSA) is 32.3 Å². The van der Waals surface area contributed by atoms with Crippen LogP contribution in [0, 0.1) is 0 Å². The molecule has 1 saturated heterocycles. The second-order valence-corrected chi connectivity index (χ2v) is 7.78. The Balaban J connectivity index is 2.32. The maximum absolute atomic E-state index is 14.3. The van der Waals surface area contributed by atoms with Crippen molar-refractivity contribution in [1.29, 1.82) is 0 Å². The summed E-state index contributed by atoms with van der Waals surface area (Å²) >= 11 is 0. The van der Waals surface area contributed by atoms with Gasteiger partial charge in [-0.1, -0.05) is 50.2 Å². The van der Waals surface area contributed by atoms with E-state index in [2.05, 4.69) is 5.43 Å². The SMILES string of the molecule is CC(C)c1ccc2ccccc2c1[C@H](N1NC(=O)CC1(C)C)C(F)(F)F. The van der Waals surface area contributed by atoms with Crippen LogP contribution in [0.5, 0.6) is 0 Å². The van der Waals surface area contributed by atoms with Crippen molar-refractivity contribution in [3.63, 3.8) is 0 Å². The lowest BCUT2D eigenvalue weighted by atomic mass is 9.86. The quantitative estimate of drug-likeness (QED) is 0.823. The number of fused-ring (bicyclic) bond motifs is 1. The maximum Gasteiger partial charge on any atom is 0.409 e. The van der Waals surface area contributed by atoms with E-state index in [0.29, 0.717) is 10.9 Å². The minimum Gasteiger partial charge on any atom is -0.287 e. The number of hydrogen-bond donors (Lipinski definition) is 1. The van der Waals surface area contributed by atoms with Crippen molar-refractivity contribution in [3.05, 3.63) is 47.5 Å². The summed E-state index contributed by atoms with van der Waals surface area (Å²) in [6.07, 6.45) is -4.51. The van der Waals surface area contributed by atoms with Gasteiger partial charge in [0.25, 0.3) is 0 Å². The third kappa shape index (κ3) is 3.18. The number of carbonyl (C=O) groups excluding carboxylic acids is 1. The lowest BCUT2D eigenvalue weighted by molar-refractivity contribution is -0.203. The average molecular weight is 364 g/mol. The van der Waals surface area contributed by atoms with Crippen LogP contribution < -0.4 is 5.43 Å². The molecular formula is C20H23F3N2O. The molecule has 0 spiro atoms. The van der Waals surface area contributed by atoms with Gasteiger partial charge in [-0.2, -0.15) is 18.2 Å². The molecule has 0 aliphatic carbocycles. The molecule has 1 heterocycles. The van der Waals surface area contributed by atoms with E-state index in [9.17, 15) is 18.0 Å². The maximum atomic E-state index is 14.3. The number of carbonyl (C=O) groups is 1. The summed E-state index contributed by atoms with van der Waals surface area (Å²) in [4.78, 5) is 11.9. The molecule has 2 aromatic carbocycles. The first-order valence-electron chi connectivity index (χ1n) is 8.69. The van der Waals surface area contributed by atoms with Gasteiger partial charge >= 0.3 is 6.18 Å². The fourth-order valence-electron chi connectivity index (χ4n) is 3.78. The second-order valence-electron chi connectivity index (χ2n) is 7.78. The van der Waals surface area contributed by atoms with Gasteiger partial charge in [-0.15, -0.1) is 0 Å². The van der Waals surface area contributed by atoms with E-state index in [-0.39, 0.29) is 17.9 Å². The van der Waals surface area contributed by atoms with Gasteiger partial charge in [0.15, 0.2) is 6.04 Å². The number of benzene rings is 2. The summed E-state index contributed by atoms with van der Waals surface area (Å²) in [5.41, 5.74) is 2.38. The molecule has 26 heavy (non-hydrogen) atoms. The molecule has 1 N–H and O–H groups in total. The number of hydrazine groups is 1. The summed E-state index contributed by atoms with van der Waals surface area (Å²) < 4.78 is 42.9. The summed E-state index contributed by atoms with van der Waals surface area (Å²) in [7, 11) is 0. The predicted octanol–water partition coefficient (Wildman–Crippen LogP) is 5.08. The van der Waals surface area contributed by atoms with Crippen LogP contribution in [0.25, 0.3) is 10.8 Å². The van der Waals surface area contributed by atoms with Crippen LogP contribution in [0.1, 0.15) is 57.2 Å². The van der Waals surface area contributed by atoms with Crippen molar-refractivity contribution in [3.8, 4) is 0 Å². The Bertz CT molecular complexity index is 843. The molecule has 0 saturated carbocycles. The first-order chi connectivity index (χ1) is 12.0. The molecule has 1 aliphatic rings. The Morgan fingerprint density at radius 2 is 1.77 bits per heavy atom. The van der Waals surface area contributed by atoms with Crippen LogP contribution in [0.2, 0.25) is 0 Å². The Morgan fingerprint density at radius 1 is 1.12 bits per heavy atom. The number of nitrogens with zero attached hydrogens (tertiary/aromatic N) is 1. The minimum atomic E-state index is -4.54. The second kappa shape index (κ2) is 6.27. The van der Waals surface area contributed by atoms with Crippen molar-refractivity contribution < 1.29 is 18.0 Å². The largest absolute Gasteiger partial charge is 0.409 e. The zero-order chi connectivity index (χ0) is 19.3. The molecule has 0 bridgehead atoms. The zero-order valence-electron chi connectivity index (χ0n) is 15.3. The van der Waals surface area contributed by atoms with Gasteiger partial charge in [-0.3, -0.25) is 10.2 Å². The fourth-order valence-corrected chi connectivity index (χ4v) is 3.78. The van der Waals surface area contributed by atoms with Gasteiger partial charge in [-0.25, -0.2) is 0 Å². The smallest absolute Gasteiger partial charge is 0.287 e. The van der Waals surface area contributed by atoms with Crippen molar-refractivity contribution in [1.82, 2.24) is 10.4 Å². The standard InChI is InChI=1S/C20H23F3N2O/c1-12(2)14-10-9-13-7-5-6-8-15(13)17(14)18(20(21,22)23)25-19(3,4)11-16(26)24-25/h5-10,12,18H,11H2,1-4H3,(H,24,26)/t18-/m0/s1. The zero-order valence-corrected chi connectivity index (χ0v) is 15.3. The summed E-state index contributed by atoms with van der Waals surface area (Å²) in [6, 6.07) is 8.81. The molecule has 0 radical (unpaired) electrons. The molecule has 3 rings (SSSR count). The van der Waals surface area contributed by atoms with Crippen molar-refractivity contribution in [2.45, 2.75) is 57.8 Å². The number of hydrogen-bond acceptors (Lipinski definition) is 2. The van der Waals surface area contributed by atoms with Crippen LogP contribution in [0.4, 0.5) is 13.2 Å². The van der Waals surface area contributed by atoms with Crippen molar-refractivity contribution in [2.24, 2.45) is 0 Å². The van der Waals surface area contributed by atoms with Gasteiger partial charge < -0.3 is 0 Å². The lowest BCUT2D eigenvalue weighted by Crippen LogP contribution is -2.51. The van der Waals surface area contributed by atoms with Crippen LogP contribution in [-0.4, -0.2) is 22.6 Å². The molecule has 0 unspecified atom stereocenters. The Kier molecular flexibility index (Phi) is 4.51. The highest BCUT2D eigenvalue weighted by atomic mass is 19.4. The number of rotatable bonds is 3. The molecule has 6 heteroatoms. The molecule has 2 aromatic rings. The monoisotopic (exact) mass is 364 g/mol. The highest BCUT2D eigenvalue weighted by Crippen LogP contribution is 2.47. The molecular weight excluding hydrogens is 341 g/mol. The van der Waals surface area contributed by atoms with E-state index >= 15 is 0 Å². The predicted molar refractivity (Wildman–Crippen MR) is 95.5 cm³/mol. The average Bonchev–Trinajstić information content (AvgIpc) is 2.78. The summed E-state index contributed by atoms with van der Waals surface area (Å²) in [5.74, 6) is -0.476. The van der Waals surface area contributed by atoms with Gasteiger partial charge in [0.1, 0.15) is 0 Å². The lowest BCUT2D eigenvalue weighted by Gasteiger charge is -2.39. The van der Waals surface area contributed by atoms with Gasteiger partial charge in [0.05, 0.1) is 0 Å². The minimum absolute atomic E-state index is 0.0291. The van der Waals surface area contributed by atoms with E-state index in [1.54, 1.807) is 32.0 Å². The van der Waals surface area contributed by atoms with Crippen molar-refractivity contribution in [2.75, 3.05) is 0 Å². The van der Waals surface area contributed by atoms with E-state index in [1.807, 2.05) is 32.0 Å². The van der Waals surface area contributed by atoms with Crippen LogP contribution in [-0.2, 0) is 4.79 Å². The van der Waals surface area contributed by atoms with Crippen LogP contribution in [0.15, 0.2) is 36.4 Å². The first kappa shape index (κ1) is 18.7. The Morgan fingerprint density at radius 3 is 2.31 bits per heavy atom. The summed E-state index contributed by atoms with van der Waals surface area (Å²) in [5, 5.41) is 2.41. The number of alkyl halides is 3.